The summed E-state index contributed by atoms with van der Waals surface area (Å²) in [5, 5.41) is 3.03. The molecule has 7 nitrogen and oxygen atoms in total. The second-order valence-electron chi connectivity index (χ2n) is 6.76. The van der Waals surface area contributed by atoms with Crippen LogP contribution in [0.5, 0.6) is 11.5 Å². The molecule has 4 rings (SSSR count). The molecule has 0 unspecified atom stereocenters. The van der Waals surface area contributed by atoms with E-state index in [9.17, 15) is 14.0 Å². The summed E-state index contributed by atoms with van der Waals surface area (Å²) >= 11 is 0. The van der Waals surface area contributed by atoms with Gasteiger partial charge in [0.15, 0.2) is 0 Å². The topological polar surface area (TPSA) is 81.0 Å². The zero-order valence-corrected chi connectivity index (χ0v) is 16.8. The monoisotopic (exact) mass is 422 g/mol. The fourth-order valence-corrected chi connectivity index (χ4v) is 3.30. The standard InChI is InChI=1S/C23H19FN2O5/c1-29-18-10-16(11-19(12-18)30-2)25-21-20(14-5-7-15(24)8-6-14)22(27)26(23(21)28)13-17-4-3-9-31-17/h3-12,25H,13H2,1-2H3. The van der Waals surface area contributed by atoms with Gasteiger partial charge in [-0.05, 0) is 29.8 Å². The fourth-order valence-electron chi connectivity index (χ4n) is 3.30. The normalized spacial score (nSPS) is 13.7. The fraction of sp³-hybridized carbons (Fsp3) is 0.130. The van der Waals surface area contributed by atoms with Crippen molar-refractivity contribution >= 4 is 23.1 Å². The van der Waals surface area contributed by atoms with Crippen LogP contribution in [0.15, 0.2) is 71.0 Å². The number of carbonyl (C=O) groups is 2. The number of hydrogen-bond acceptors (Lipinski definition) is 6. The molecule has 0 saturated heterocycles. The van der Waals surface area contributed by atoms with Gasteiger partial charge in [-0.25, -0.2) is 4.39 Å². The van der Waals surface area contributed by atoms with Gasteiger partial charge < -0.3 is 19.2 Å². The highest BCUT2D eigenvalue weighted by Gasteiger charge is 2.39. The highest BCUT2D eigenvalue weighted by atomic mass is 19.1. The summed E-state index contributed by atoms with van der Waals surface area (Å²) in [4.78, 5) is 27.5. The molecule has 0 fully saturated rings. The number of imide groups is 1. The van der Waals surface area contributed by atoms with Crippen molar-refractivity contribution in [2.45, 2.75) is 6.54 Å². The van der Waals surface area contributed by atoms with Gasteiger partial charge in [0, 0.05) is 23.9 Å². The summed E-state index contributed by atoms with van der Waals surface area (Å²) < 4.78 is 29.3. The van der Waals surface area contributed by atoms with E-state index < -0.39 is 17.6 Å². The first-order chi connectivity index (χ1) is 15.0. The van der Waals surface area contributed by atoms with Crippen LogP contribution in [0.3, 0.4) is 0 Å². The third-order valence-electron chi connectivity index (χ3n) is 4.82. The van der Waals surface area contributed by atoms with Gasteiger partial charge in [0.2, 0.25) is 0 Å². The largest absolute Gasteiger partial charge is 0.497 e. The highest BCUT2D eigenvalue weighted by Crippen LogP contribution is 2.33. The predicted molar refractivity (Wildman–Crippen MR) is 111 cm³/mol. The van der Waals surface area contributed by atoms with Crippen molar-refractivity contribution in [1.82, 2.24) is 4.90 Å². The molecule has 2 amide bonds. The minimum atomic E-state index is -0.525. The molecule has 2 aromatic carbocycles. The van der Waals surface area contributed by atoms with E-state index in [-0.39, 0.29) is 17.8 Å². The number of amides is 2. The number of furan rings is 1. The molecule has 0 bridgehead atoms. The van der Waals surface area contributed by atoms with Crippen LogP contribution in [-0.4, -0.2) is 30.9 Å². The van der Waals surface area contributed by atoms with Crippen LogP contribution in [0.4, 0.5) is 10.1 Å². The Morgan fingerprint density at radius 3 is 2.23 bits per heavy atom. The quantitative estimate of drug-likeness (QED) is 0.583. The Morgan fingerprint density at radius 1 is 0.968 bits per heavy atom. The molecule has 3 aromatic rings. The van der Waals surface area contributed by atoms with E-state index >= 15 is 0 Å². The maximum absolute atomic E-state index is 13.5. The molecule has 1 aromatic heterocycles. The summed E-state index contributed by atoms with van der Waals surface area (Å²) in [5.41, 5.74) is 1.11. The van der Waals surface area contributed by atoms with Gasteiger partial charge in [0.1, 0.15) is 28.8 Å². The number of nitrogens with one attached hydrogen (secondary N) is 1. The number of ether oxygens (including phenoxy) is 2. The van der Waals surface area contributed by atoms with Gasteiger partial charge in [-0.1, -0.05) is 12.1 Å². The summed E-state index contributed by atoms with van der Waals surface area (Å²) in [6, 6.07) is 13.8. The Labute approximate surface area is 177 Å². The molecule has 0 radical (unpaired) electrons. The van der Waals surface area contributed by atoms with Crippen molar-refractivity contribution in [3.63, 3.8) is 0 Å². The van der Waals surface area contributed by atoms with Crippen LogP contribution in [0.2, 0.25) is 0 Å². The molecule has 0 saturated carbocycles. The highest BCUT2D eigenvalue weighted by molar-refractivity contribution is 6.36. The Kier molecular flexibility index (Phi) is 5.44. The van der Waals surface area contributed by atoms with Crippen molar-refractivity contribution in [2.24, 2.45) is 0 Å². The number of methoxy groups -OCH3 is 2. The lowest BCUT2D eigenvalue weighted by molar-refractivity contribution is -0.137. The second-order valence-corrected chi connectivity index (χ2v) is 6.76. The lowest BCUT2D eigenvalue weighted by atomic mass is 10.0. The lowest BCUT2D eigenvalue weighted by Gasteiger charge is -2.14. The number of rotatable bonds is 7. The summed E-state index contributed by atoms with van der Waals surface area (Å²) in [5.74, 6) is 0.00272. The van der Waals surface area contributed by atoms with Gasteiger partial charge >= 0.3 is 0 Å². The zero-order chi connectivity index (χ0) is 22.0. The molecule has 8 heteroatoms. The van der Waals surface area contributed by atoms with Crippen molar-refractivity contribution in [3.8, 4) is 11.5 Å². The van der Waals surface area contributed by atoms with Crippen LogP contribution in [0.25, 0.3) is 5.57 Å². The van der Waals surface area contributed by atoms with E-state index in [1.807, 2.05) is 0 Å². The number of halogens is 1. The Hall–Kier alpha value is -4.07. The maximum Gasteiger partial charge on any atom is 0.278 e. The lowest BCUT2D eigenvalue weighted by Crippen LogP contribution is -2.31. The van der Waals surface area contributed by atoms with E-state index in [0.29, 0.717) is 28.5 Å². The Morgan fingerprint density at radius 2 is 1.65 bits per heavy atom. The maximum atomic E-state index is 13.5. The SMILES string of the molecule is COc1cc(NC2=C(c3ccc(F)cc3)C(=O)N(Cc3ccco3)C2=O)cc(OC)c1. The molecule has 158 valence electrons. The van der Waals surface area contributed by atoms with Gasteiger partial charge in [0.25, 0.3) is 11.8 Å². The number of carbonyl (C=O) groups excluding carboxylic acids is 2. The zero-order valence-electron chi connectivity index (χ0n) is 16.8. The minimum absolute atomic E-state index is 0.0258. The number of nitrogens with zero attached hydrogens (tertiary/aromatic N) is 1. The first kappa shape index (κ1) is 20.2. The van der Waals surface area contributed by atoms with Gasteiger partial charge in [-0.3, -0.25) is 14.5 Å². The van der Waals surface area contributed by atoms with E-state index in [1.165, 1.54) is 44.7 Å². The van der Waals surface area contributed by atoms with Crippen LogP contribution >= 0.6 is 0 Å². The van der Waals surface area contributed by atoms with Crippen molar-refractivity contribution in [1.29, 1.82) is 0 Å². The van der Waals surface area contributed by atoms with Gasteiger partial charge in [-0.15, -0.1) is 0 Å². The second kappa shape index (κ2) is 8.35. The van der Waals surface area contributed by atoms with Crippen LogP contribution < -0.4 is 14.8 Å². The predicted octanol–water partition coefficient (Wildman–Crippen LogP) is 3.83. The molecule has 2 heterocycles. The molecule has 0 atom stereocenters. The van der Waals surface area contributed by atoms with Gasteiger partial charge in [-0.2, -0.15) is 0 Å². The summed E-state index contributed by atoms with van der Waals surface area (Å²) in [7, 11) is 3.02. The minimum Gasteiger partial charge on any atom is -0.497 e. The average Bonchev–Trinajstić information content (AvgIpc) is 3.37. The van der Waals surface area contributed by atoms with Crippen molar-refractivity contribution in [3.05, 3.63) is 83.7 Å². The molecule has 0 aliphatic carbocycles. The van der Waals surface area contributed by atoms with E-state index in [1.54, 1.807) is 30.3 Å². The van der Waals surface area contributed by atoms with E-state index in [0.717, 1.165) is 4.90 Å². The molecule has 0 spiro atoms. The third kappa shape index (κ3) is 4.00. The molecule has 31 heavy (non-hydrogen) atoms. The van der Waals surface area contributed by atoms with Crippen molar-refractivity contribution < 1.29 is 27.9 Å². The number of benzene rings is 2. The van der Waals surface area contributed by atoms with E-state index in [2.05, 4.69) is 5.32 Å². The third-order valence-corrected chi connectivity index (χ3v) is 4.82. The van der Waals surface area contributed by atoms with Gasteiger partial charge in [0.05, 0.1) is 32.6 Å². The molecular weight excluding hydrogens is 403 g/mol. The smallest absolute Gasteiger partial charge is 0.278 e. The van der Waals surface area contributed by atoms with Crippen molar-refractivity contribution in [2.75, 3.05) is 19.5 Å². The average molecular weight is 422 g/mol. The van der Waals surface area contributed by atoms with Crippen LogP contribution in [0.1, 0.15) is 11.3 Å². The first-order valence-corrected chi connectivity index (χ1v) is 9.39. The molecule has 1 aliphatic rings. The first-order valence-electron chi connectivity index (χ1n) is 9.39. The summed E-state index contributed by atoms with van der Waals surface area (Å²) in [6.07, 6.45) is 1.47. The number of hydrogen-bond donors (Lipinski definition) is 1. The molecular formula is C23H19FN2O5. The van der Waals surface area contributed by atoms with Crippen LogP contribution in [0, 0.1) is 5.82 Å². The number of anilines is 1. The molecule has 1 aliphatic heterocycles. The summed E-state index contributed by atoms with van der Waals surface area (Å²) in [6.45, 7) is -0.0258. The van der Waals surface area contributed by atoms with E-state index in [4.69, 9.17) is 13.9 Å². The molecule has 1 N–H and O–H groups in total. The Balaban J connectivity index is 1.77. The Bertz CT molecular complexity index is 1130. The van der Waals surface area contributed by atoms with Crippen LogP contribution in [-0.2, 0) is 16.1 Å².